The summed E-state index contributed by atoms with van der Waals surface area (Å²) >= 11 is 12.0. The van der Waals surface area contributed by atoms with Crippen molar-refractivity contribution in [3.8, 4) is 5.75 Å². The van der Waals surface area contributed by atoms with E-state index in [1.165, 1.54) is 25.7 Å². The summed E-state index contributed by atoms with van der Waals surface area (Å²) in [7, 11) is 0. The maximum atomic E-state index is 12.4. The van der Waals surface area contributed by atoms with Gasteiger partial charge < -0.3 is 10.1 Å². The predicted molar refractivity (Wildman–Crippen MR) is 93.1 cm³/mol. The maximum Gasteiger partial charge on any atom is 0.260 e. The summed E-state index contributed by atoms with van der Waals surface area (Å²) in [6, 6.07) is 5.20. The van der Waals surface area contributed by atoms with Gasteiger partial charge in [-0.3, -0.25) is 4.79 Å². The van der Waals surface area contributed by atoms with Gasteiger partial charge >= 0.3 is 0 Å². The van der Waals surface area contributed by atoms with Crippen LogP contribution in [-0.2, 0) is 4.79 Å². The molecule has 0 aromatic heterocycles. The van der Waals surface area contributed by atoms with Crippen molar-refractivity contribution in [2.75, 3.05) is 0 Å². The predicted octanol–water partition coefficient (Wildman–Crippen LogP) is 4.70. The molecule has 0 unspecified atom stereocenters. The standard InChI is InChI=1S/C18H23Cl2NO2/c1-10(15-8-12-3-4-13(15)7-12)21-18(22)11(2)23-17-6-5-14(19)9-16(17)20/h5-6,9-13,15H,3-4,7-8H2,1-2H3,(H,21,22)/t10-,11+,12+,13+,15-/m1/s1. The van der Waals surface area contributed by atoms with Crippen LogP contribution in [0.4, 0.5) is 0 Å². The highest BCUT2D eigenvalue weighted by Gasteiger charge is 2.42. The zero-order valence-corrected chi connectivity index (χ0v) is 15.0. The van der Waals surface area contributed by atoms with Crippen molar-refractivity contribution in [2.24, 2.45) is 17.8 Å². The zero-order valence-electron chi connectivity index (χ0n) is 13.5. The third-order valence-corrected chi connectivity index (χ3v) is 5.90. The molecule has 2 bridgehead atoms. The molecule has 0 heterocycles. The molecule has 0 saturated heterocycles. The van der Waals surface area contributed by atoms with Gasteiger partial charge in [0.05, 0.1) is 5.02 Å². The molecule has 1 aromatic rings. The molecule has 126 valence electrons. The Balaban J connectivity index is 1.55. The first-order chi connectivity index (χ1) is 10.9. The lowest BCUT2D eigenvalue weighted by atomic mass is 9.84. The van der Waals surface area contributed by atoms with Crippen LogP contribution >= 0.6 is 23.2 Å². The number of rotatable bonds is 5. The van der Waals surface area contributed by atoms with Crippen LogP contribution in [-0.4, -0.2) is 18.1 Å². The number of amides is 1. The normalized spacial score (nSPS) is 28.4. The van der Waals surface area contributed by atoms with Crippen LogP contribution in [0, 0.1) is 17.8 Å². The summed E-state index contributed by atoms with van der Waals surface area (Å²) in [6.07, 6.45) is 4.70. The smallest absolute Gasteiger partial charge is 0.260 e. The molecule has 2 aliphatic carbocycles. The SMILES string of the molecule is C[C@H](Oc1ccc(Cl)cc1Cl)C(=O)N[C@H](C)[C@H]1C[C@H]2CC[C@H]1C2. The Labute approximate surface area is 147 Å². The van der Waals surface area contributed by atoms with E-state index in [-0.39, 0.29) is 11.9 Å². The Morgan fingerprint density at radius 3 is 2.65 bits per heavy atom. The van der Waals surface area contributed by atoms with Crippen molar-refractivity contribution in [1.82, 2.24) is 5.32 Å². The van der Waals surface area contributed by atoms with Crippen molar-refractivity contribution < 1.29 is 9.53 Å². The van der Waals surface area contributed by atoms with Crippen molar-refractivity contribution in [2.45, 2.75) is 51.7 Å². The molecule has 1 N–H and O–H groups in total. The number of fused-ring (bicyclic) bond motifs is 2. The van der Waals surface area contributed by atoms with Crippen LogP contribution in [0.25, 0.3) is 0 Å². The van der Waals surface area contributed by atoms with Crippen LogP contribution in [0.2, 0.25) is 10.0 Å². The first kappa shape index (κ1) is 16.9. The maximum absolute atomic E-state index is 12.4. The number of ether oxygens (including phenoxy) is 1. The second-order valence-corrected chi connectivity index (χ2v) is 7.81. The van der Waals surface area contributed by atoms with Gasteiger partial charge in [-0.05, 0) is 69.1 Å². The number of hydrogen-bond acceptors (Lipinski definition) is 2. The van der Waals surface area contributed by atoms with E-state index in [4.69, 9.17) is 27.9 Å². The van der Waals surface area contributed by atoms with E-state index in [1.54, 1.807) is 25.1 Å². The Bertz CT molecular complexity index is 592. The Hall–Kier alpha value is -0.930. The third-order valence-electron chi connectivity index (χ3n) is 5.37. The molecule has 2 saturated carbocycles. The lowest BCUT2D eigenvalue weighted by molar-refractivity contribution is -0.128. The largest absolute Gasteiger partial charge is 0.479 e. The summed E-state index contributed by atoms with van der Waals surface area (Å²) in [4.78, 5) is 12.4. The number of nitrogens with one attached hydrogen (secondary N) is 1. The molecule has 1 amide bonds. The van der Waals surface area contributed by atoms with E-state index in [0.29, 0.717) is 21.7 Å². The summed E-state index contributed by atoms with van der Waals surface area (Å²) in [6.45, 7) is 3.86. The molecular formula is C18H23Cl2NO2. The highest BCUT2D eigenvalue weighted by Crippen LogP contribution is 2.49. The minimum Gasteiger partial charge on any atom is -0.479 e. The number of carbonyl (C=O) groups is 1. The van der Waals surface area contributed by atoms with Crippen LogP contribution in [0.3, 0.4) is 0 Å². The van der Waals surface area contributed by atoms with Gasteiger partial charge in [0.15, 0.2) is 6.10 Å². The van der Waals surface area contributed by atoms with Gasteiger partial charge in [-0.25, -0.2) is 0 Å². The van der Waals surface area contributed by atoms with Crippen LogP contribution < -0.4 is 10.1 Å². The van der Waals surface area contributed by atoms with Gasteiger partial charge in [0, 0.05) is 11.1 Å². The van der Waals surface area contributed by atoms with Crippen LogP contribution in [0.5, 0.6) is 5.75 Å². The molecule has 2 aliphatic rings. The first-order valence-corrected chi connectivity index (χ1v) is 9.11. The van der Waals surface area contributed by atoms with Gasteiger partial charge in [-0.1, -0.05) is 29.6 Å². The average Bonchev–Trinajstić information content (AvgIpc) is 3.12. The number of halogens is 2. The van der Waals surface area contributed by atoms with Gasteiger partial charge in [0.25, 0.3) is 5.91 Å². The first-order valence-electron chi connectivity index (χ1n) is 8.36. The Morgan fingerprint density at radius 1 is 1.26 bits per heavy atom. The number of benzene rings is 1. The van der Waals surface area contributed by atoms with Crippen LogP contribution in [0.15, 0.2) is 18.2 Å². The second-order valence-electron chi connectivity index (χ2n) is 6.97. The van der Waals surface area contributed by atoms with E-state index in [2.05, 4.69) is 12.2 Å². The van der Waals surface area contributed by atoms with Gasteiger partial charge in [-0.2, -0.15) is 0 Å². The molecule has 0 radical (unpaired) electrons. The molecule has 3 rings (SSSR count). The fourth-order valence-electron chi connectivity index (χ4n) is 4.17. The van der Waals surface area contributed by atoms with Crippen molar-refractivity contribution >= 4 is 29.1 Å². The minimum absolute atomic E-state index is 0.0914. The summed E-state index contributed by atoms with van der Waals surface area (Å²) in [5.41, 5.74) is 0. The topological polar surface area (TPSA) is 38.3 Å². The van der Waals surface area contributed by atoms with Gasteiger partial charge in [0.1, 0.15) is 5.75 Å². The molecule has 1 aromatic carbocycles. The molecule has 2 fully saturated rings. The lowest BCUT2D eigenvalue weighted by Gasteiger charge is -2.29. The van der Waals surface area contributed by atoms with E-state index < -0.39 is 6.10 Å². The molecule has 5 heteroatoms. The van der Waals surface area contributed by atoms with E-state index in [9.17, 15) is 4.79 Å². The Morgan fingerprint density at radius 2 is 2.04 bits per heavy atom. The fraction of sp³-hybridized carbons (Fsp3) is 0.611. The van der Waals surface area contributed by atoms with Crippen molar-refractivity contribution in [3.63, 3.8) is 0 Å². The highest BCUT2D eigenvalue weighted by atomic mass is 35.5. The molecule has 5 atom stereocenters. The van der Waals surface area contributed by atoms with Crippen LogP contribution in [0.1, 0.15) is 39.5 Å². The third kappa shape index (κ3) is 3.77. The zero-order chi connectivity index (χ0) is 16.6. The summed E-state index contributed by atoms with van der Waals surface area (Å²) in [5.74, 6) is 2.67. The molecule has 0 aliphatic heterocycles. The quantitative estimate of drug-likeness (QED) is 0.830. The van der Waals surface area contributed by atoms with Crippen molar-refractivity contribution in [3.05, 3.63) is 28.2 Å². The molecule has 0 spiro atoms. The molecular weight excluding hydrogens is 333 g/mol. The monoisotopic (exact) mass is 355 g/mol. The summed E-state index contributed by atoms with van der Waals surface area (Å²) < 4.78 is 5.68. The lowest BCUT2D eigenvalue weighted by Crippen LogP contribution is -2.45. The summed E-state index contributed by atoms with van der Waals surface area (Å²) in [5, 5.41) is 4.09. The van der Waals surface area contributed by atoms with E-state index in [1.807, 2.05) is 0 Å². The van der Waals surface area contributed by atoms with E-state index in [0.717, 1.165) is 11.8 Å². The van der Waals surface area contributed by atoms with E-state index >= 15 is 0 Å². The fourth-order valence-corrected chi connectivity index (χ4v) is 4.62. The Kier molecular flexibility index (Phi) is 5.07. The number of hydrogen-bond donors (Lipinski definition) is 1. The molecule has 3 nitrogen and oxygen atoms in total. The van der Waals surface area contributed by atoms with Gasteiger partial charge in [0.2, 0.25) is 0 Å². The second kappa shape index (κ2) is 6.90. The molecule has 23 heavy (non-hydrogen) atoms. The van der Waals surface area contributed by atoms with Crippen molar-refractivity contribution in [1.29, 1.82) is 0 Å². The van der Waals surface area contributed by atoms with Gasteiger partial charge in [-0.15, -0.1) is 0 Å². The average molecular weight is 356 g/mol. The minimum atomic E-state index is -0.588. The number of carbonyl (C=O) groups excluding carboxylic acids is 1. The highest BCUT2D eigenvalue weighted by molar-refractivity contribution is 6.35.